The van der Waals surface area contributed by atoms with E-state index in [4.69, 9.17) is 11.6 Å². The van der Waals surface area contributed by atoms with Gasteiger partial charge in [0.15, 0.2) is 5.69 Å². The molecule has 164 valence electrons. The highest BCUT2D eigenvalue weighted by Gasteiger charge is 2.64. The van der Waals surface area contributed by atoms with Gasteiger partial charge < -0.3 is 0 Å². The van der Waals surface area contributed by atoms with Crippen LogP contribution >= 0.6 is 11.6 Å². The van der Waals surface area contributed by atoms with Gasteiger partial charge in [-0.2, -0.15) is 40.2 Å². The first-order chi connectivity index (χ1) is 13.6. The molecule has 0 aliphatic rings. The van der Waals surface area contributed by atoms with E-state index in [-0.39, 0.29) is 11.3 Å². The second-order valence-electron chi connectivity index (χ2n) is 6.21. The lowest BCUT2D eigenvalue weighted by molar-refractivity contribution is -0.292. The SMILES string of the molecule is C/N=C(\C=C(/C)c1c(C(F)(F)F)c(C(F)(F)C(F)(F)F)nn1C)c1ccc(Cl)cc1. The number of aryl methyl sites for hydroxylation is 1. The van der Waals surface area contributed by atoms with Crippen molar-refractivity contribution < 1.29 is 35.1 Å². The van der Waals surface area contributed by atoms with Crippen LogP contribution in [0.2, 0.25) is 5.02 Å². The van der Waals surface area contributed by atoms with Crippen molar-refractivity contribution in [1.29, 1.82) is 0 Å². The molecule has 2 rings (SSSR count). The average Bonchev–Trinajstić information content (AvgIpc) is 2.98. The molecule has 0 aliphatic heterocycles. The smallest absolute Gasteiger partial charge is 0.288 e. The Bertz CT molecular complexity index is 983. The molecule has 0 N–H and O–H groups in total. The van der Waals surface area contributed by atoms with E-state index in [9.17, 15) is 35.1 Å². The summed E-state index contributed by atoms with van der Waals surface area (Å²) in [5, 5.41) is 3.27. The lowest BCUT2D eigenvalue weighted by Gasteiger charge is -2.20. The lowest BCUT2D eigenvalue weighted by atomic mass is 10.0. The average molecular weight is 460 g/mol. The van der Waals surface area contributed by atoms with E-state index in [1.807, 2.05) is 0 Å². The van der Waals surface area contributed by atoms with Gasteiger partial charge in [-0.3, -0.25) is 9.67 Å². The van der Waals surface area contributed by atoms with Crippen molar-refractivity contribution >= 4 is 22.9 Å². The van der Waals surface area contributed by atoms with Gasteiger partial charge in [-0.25, -0.2) is 0 Å². The number of aromatic nitrogens is 2. The van der Waals surface area contributed by atoms with Gasteiger partial charge in [-0.15, -0.1) is 0 Å². The Morgan fingerprint density at radius 3 is 2.00 bits per heavy atom. The van der Waals surface area contributed by atoms with Gasteiger partial charge >= 0.3 is 18.3 Å². The summed E-state index contributed by atoms with van der Waals surface area (Å²) >= 11 is 5.78. The van der Waals surface area contributed by atoms with E-state index in [1.165, 1.54) is 31.3 Å². The molecule has 1 heterocycles. The second kappa shape index (κ2) is 8.01. The van der Waals surface area contributed by atoms with Crippen molar-refractivity contribution in [2.24, 2.45) is 12.0 Å². The largest absolute Gasteiger partial charge is 0.459 e. The Balaban J connectivity index is 2.72. The number of benzene rings is 1. The molecule has 1 aromatic heterocycles. The minimum Gasteiger partial charge on any atom is -0.288 e. The Kier molecular flexibility index (Phi) is 6.37. The van der Waals surface area contributed by atoms with Crippen molar-refractivity contribution in [2.45, 2.75) is 25.2 Å². The predicted molar refractivity (Wildman–Crippen MR) is 95.7 cm³/mol. The van der Waals surface area contributed by atoms with E-state index in [0.717, 1.165) is 20.0 Å². The topological polar surface area (TPSA) is 30.2 Å². The summed E-state index contributed by atoms with van der Waals surface area (Å²) in [4.78, 5) is 3.93. The molecule has 12 heteroatoms. The normalized spacial score (nSPS) is 14.4. The Labute approximate surface area is 170 Å². The molecule has 30 heavy (non-hydrogen) atoms. The fraction of sp³-hybridized carbons (Fsp3) is 0.333. The molecule has 0 amide bonds. The summed E-state index contributed by atoms with van der Waals surface area (Å²) in [6.07, 6.45) is -10.6. The molecule has 1 aromatic carbocycles. The van der Waals surface area contributed by atoms with Gasteiger partial charge in [0.05, 0.1) is 11.4 Å². The predicted octanol–water partition coefficient (Wildman–Crippen LogP) is 6.27. The van der Waals surface area contributed by atoms with Gasteiger partial charge in [-0.05, 0) is 36.3 Å². The molecule has 0 atom stereocenters. The van der Waals surface area contributed by atoms with Crippen LogP contribution in [0, 0.1) is 0 Å². The second-order valence-corrected chi connectivity index (χ2v) is 6.65. The molecule has 0 saturated heterocycles. The third-order valence-corrected chi connectivity index (χ3v) is 4.34. The molecule has 0 fully saturated rings. The number of halogens is 9. The molecular formula is C18H14ClF8N3. The van der Waals surface area contributed by atoms with Crippen LogP contribution in [0.5, 0.6) is 0 Å². The number of hydrogen-bond acceptors (Lipinski definition) is 2. The maximum Gasteiger partial charge on any atom is 0.459 e. The summed E-state index contributed by atoms with van der Waals surface area (Å²) in [5.41, 5.74) is -5.17. The highest BCUT2D eigenvalue weighted by atomic mass is 35.5. The maximum atomic E-state index is 13.8. The number of hydrogen-bond donors (Lipinski definition) is 0. The molecular weight excluding hydrogens is 446 g/mol. The number of alkyl halides is 8. The number of rotatable bonds is 4. The van der Waals surface area contributed by atoms with Gasteiger partial charge in [0.2, 0.25) is 0 Å². The zero-order valence-corrected chi connectivity index (χ0v) is 16.4. The van der Waals surface area contributed by atoms with Crippen LogP contribution in [0.25, 0.3) is 5.57 Å². The van der Waals surface area contributed by atoms with E-state index in [2.05, 4.69) is 10.1 Å². The van der Waals surface area contributed by atoms with E-state index in [1.54, 1.807) is 0 Å². The van der Waals surface area contributed by atoms with Gasteiger partial charge in [0, 0.05) is 19.1 Å². The quantitative estimate of drug-likeness (QED) is 0.391. The molecule has 0 saturated carbocycles. The third-order valence-electron chi connectivity index (χ3n) is 4.09. The summed E-state index contributed by atoms with van der Waals surface area (Å²) in [7, 11) is 2.19. The zero-order chi connectivity index (χ0) is 23.1. The number of nitrogens with zero attached hydrogens (tertiary/aromatic N) is 3. The number of allylic oxidation sites excluding steroid dienone is 2. The molecule has 0 unspecified atom stereocenters. The van der Waals surface area contributed by atoms with Gasteiger partial charge in [-0.1, -0.05) is 23.7 Å². The van der Waals surface area contributed by atoms with Crippen LogP contribution in [0.3, 0.4) is 0 Å². The van der Waals surface area contributed by atoms with Crippen molar-refractivity contribution in [3.05, 3.63) is 57.9 Å². The van der Waals surface area contributed by atoms with Crippen molar-refractivity contribution in [1.82, 2.24) is 9.78 Å². The first kappa shape index (κ1) is 23.8. The molecule has 0 aliphatic carbocycles. The van der Waals surface area contributed by atoms with E-state index < -0.39 is 35.2 Å². The Morgan fingerprint density at radius 2 is 1.57 bits per heavy atom. The Hall–Kier alpha value is -2.43. The summed E-state index contributed by atoms with van der Waals surface area (Å²) in [6.45, 7) is 1.13. The highest BCUT2D eigenvalue weighted by molar-refractivity contribution is 6.30. The molecule has 0 bridgehead atoms. The molecule has 0 spiro atoms. The standard InChI is InChI=1S/C18H14ClF8N3/c1-9(8-12(28-2)10-4-6-11(19)7-5-10)14-13(17(22,23)24)15(29-30(14)3)16(20,21)18(25,26)27/h4-8H,1-3H3/b9-8+,28-12+. The van der Waals surface area contributed by atoms with Crippen LogP contribution in [0.15, 0.2) is 35.3 Å². The van der Waals surface area contributed by atoms with Crippen LogP contribution < -0.4 is 0 Å². The molecule has 3 nitrogen and oxygen atoms in total. The first-order valence-electron chi connectivity index (χ1n) is 8.11. The molecule has 0 radical (unpaired) electrons. The monoisotopic (exact) mass is 459 g/mol. The van der Waals surface area contributed by atoms with Crippen molar-refractivity contribution in [3.63, 3.8) is 0 Å². The Morgan fingerprint density at radius 1 is 1.03 bits per heavy atom. The fourth-order valence-corrected chi connectivity index (χ4v) is 2.90. The summed E-state index contributed by atoms with van der Waals surface area (Å²) in [5.74, 6) is -5.80. The minimum absolute atomic E-state index is 0.155. The minimum atomic E-state index is -6.25. The lowest BCUT2D eigenvalue weighted by Crippen LogP contribution is -2.36. The summed E-state index contributed by atoms with van der Waals surface area (Å²) in [6, 6.07) is 6.04. The third kappa shape index (κ3) is 4.50. The maximum absolute atomic E-state index is 13.8. The molecule has 2 aromatic rings. The van der Waals surface area contributed by atoms with Crippen LogP contribution in [-0.4, -0.2) is 28.7 Å². The zero-order valence-electron chi connectivity index (χ0n) is 15.6. The van der Waals surface area contributed by atoms with E-state index >= 15 is 0 Å². The van der Waals surface area contributed by atoms with Crippen LogP contribution in [-0.2, 0) is 19.1 Å². The van der Waals surface area contributed by atoms with Gasteiger partial charge in [0.1, 0.15) is 5.56 Å². The first-order valence-corrected chi connectivity index (χ1v) is 8.49. The number of aliphatic imine (C=N–C) groups is 1. The highest BCUT2D eigenvalue weighted by Crippen LogP contribution is 2.49. The summed E-state index contributed by atoms with van der Waals surface area (Å²) < 4.78 is 107. The fourth-order valence-electron chi connectivity index (χ4n) is 2.77. The van der Waals surface area contributed by atoms with Crippen molar-refractivity contribution in [3.8, 4) is 0 Å². The van der Waals surface area contributed by atoms with Crippen LogP contribution in [0.1, 0.15) is 29.4 Å². The van der Waals surface area contributed by atoms with Crippen LogP contribution in [0.4, 0.5) is 35.1 Å². The van der Waals surface area contributed by atoms with E-state index in [0.29, 0.717) is 15.3 Å². The van der Waals surface area contributed by atoms with Gasteiger partial charge in [0.25, 0.3) is 0 Å². The van der Waals surface area contributed by atoms with Crippen molar-refractivity contribution in [2.75, 3.05) is 7.05 Å².